The Morgan fingerprint density at radius 2 is 1.94 bits per heavy atom. The molecule has 3 rings (SSSR count). The van der Waals surface area contributed by atoms with Gasteiger partial charge in [0.2, 0.25) is 0 Å². The van der Waals surface area contributed by atoms with E-state index in [4.69, 9.17) is 9.47 Å². The van der Waals surface area contributed by atoms with Crippen molar-refractivity contribution in [2.24, 2.45) is 0 Å². The summed E-state index contributed by atoms with van der Waals surface area (Å²) in [5, 5.41) is 0. The van der Waals surface area contributed by atoms with Crippen LogP contribution in [0.15, 0.2) is 34.8 Å². The van der Waals surface area contributed by atoms with Gasteiger partial charge in [0.15, 0.2) is 0 Å². The van der Waals surface area contributed by atoms with Crippen LogP contribution < -0.4 is 9.47 Å². The Bertz CT molecular complexity index is 977. The number of esters is 1. The van der Waals surface area contributed by atoms with Gasteiger partial charge in [-0.25, -0.2) is 9.18 Å². The van der Waals surface area contributed by atoms with E-state index >= 15 is 4.39 Å². The maximum Gasteiger partial charge on any atom is 0.347 e. The van der Waals surface area contributed by atoms with Crippen molar-refractivity contribution in [2.45, 2.75) is 78.3 Å². The van der Waals surface area contributed by atoms with Gasteiger partial charge >= 0.3 is 5.97 Å². The molecule has 180 valence electrons. The molecule has 6 heteroatoms. The number of rotatable bonds is 8. The van der Waals surface area contributed by atoms with Crippen LogP contribution in [0.1, 0.15) is 87.3 Å². The van der Waals surface area contributed by atoms with Crippen molar-refractivity contribution in [1.82, 2.24) is 4.90 Å². The third-order valence-electron chi connectivity index (χ3n) is 6.61. The first-order valence-electron chi connectivity index (χ1n) is 11.9. The Kier molecular flexibility index (Phi) is 8.57. The van der Waals surface area contributed by atoms with Crippen LogP contribution in [0, 0.1) is 12.7 Å². The number of para-hydroxylation sites is 1. The summed E-state index contributed by atoms with van der Waals surface area (Å²) < 4.78 is 28.1. The second kappa shape index (κ2) is 11.0. The summed E-state index contributed by atoms with van der Waals surface area (Å²) in [6.45, 7) is 11.5. The van der Waals surface area contributed by atoms with Crippen LogP contribution in [0.3, 0.4) is 0 Å². The third kappa shape index (κ3) is 5.60. The first-order valence-corrected chi connectivity index (χ1v) is 12.7. The molecule has 1 unspecified atom stereocenters. The average molecular weight is 520 g/mol. The molecule has 0 bridgehead atoms. The second-order valence-corrected chi connectivity index (χ2v) is 10.2. The molecule has 0 aromatic heterocycles. The van der Waals surface area contributed by atoms with Gasteiger partial charge in [-0.3, -0.25) is 4.90 Å². The van der Waals surface area contributed by atoms with E-state index in [9.17, 15) is 4.79 Å². The van der Waals surface area contributed by atoms with Gasteiger partial charge in [0, 0.05) is 22.7 Å². The predicted octanol–water partition coefficient (Wildman–Crippen LogP) is 7.62. The molecule has 0 radical (unpaired) electrons. The molecule has 0 spiro atoms. The normalized spacial score (nSPS) is 16.9. The van der Waals surface area contributed by atoms with E-state index in [1.165, 1.54) is 6.42 Å². The smallest absolute Gasteiger partial charge is 0.347 e. The van der Waals surface area contributed by atoms with Crippen LogP contribution in [0.25, 0.3) is 0 Å². The van der Waals surface area contributed by atoms with Crippen molar-refractivity contribution in [3.63, 3.8) is 0 Å². The molecule has 2 aromatic carbocycles. The number of unbranched alkanes of at least 4 members (excludes halogenated alkanes) is 1. The topological polar surface area (TPSA) is 38.8 Å². The van der Waals surface area contributed by atoms with E-state index in [1.54, 1.807) is 31.2 Å². The number of carbonyl (C=O) groups is 1. The lowest BCUT2D eigenvalue weighted by Gasteiger charge is -2.46. The molecule has 0 amide bonds. The Hall–Kier alpha value is -1.92. The van der Waals surface area contributed by atoms with Crippen LogP contribution in [0.4, 0.5) is 4.39 Å². The van der Waals surface area contributed by atoms with Crippen LogP contribution in [-0.2, 0) is 0 Å². The number of piperidine rings is 1. The zero-order valence-corrected chi connectivity index (χ0v) is 21.9. The molecule has 1 heterocycles. The maximum atomic E-state index is 15.9. The minimum Gasteiger partial charge on any atom is -0.491 e. The number of ether oxygens (including phenoxy) is 2. The van der Waals surface area contributed by atoms with Crippen molar-refractivity contribution in [3.05, 3.63) is 57.3 Å². The Morgan fingerprint density at radius 1 is 1.24 bits per heavy atom. The van der Waals surface area contributed by atoms with Gasteiger partial charge in [-0.05, 0) is 81.6 Å². The zero-order valence-electron chi connectivity index (χ0n) is 20.3. The van der Waals surface area contributed by atoms with Crippen molar-refractivity contribution in [1.29, 1.82) is 0 Å². The number of hydrogen-bond acceptors (Lipinski definition) is 4. The summed E-state index contributed by atoms with van der Waals surface area (Å²) in [5.41, 5.74) is 0.881. The second-order valence-electron chi connectivity index (χ2n) is 9.41. The van der Waals surface area contributed by atoms with Gasteiger partial charge < -0.3 is 9.47 Å². The Balaban J connectivity index is 2.08. The van der Waals surface area contributed by atoms with Crippen LogP contribution in [0.2, 0.25) is 0 Å². The summed E-state index contributed by atoms with van der Waals surface area (Å²) in [7, 11) is 0. The summed E-state index contributed by atoms with van der Waals surface area (Å²) in [6.07, 6.45) is 5.12. The highest BCUT2D eigenvalue weighted by Crippen LogP contribution is 2.44. The van der Waals surface area contributed by atoms with Gasteiger partial charge in [-0.2, -0.15) is 0 Å². The lowest BCUT2D eigenvalue weighted by atomic mass is 9.87. The highest BCUT2D eigenvalue weighted by atomic mass is 79.9. The lowest BCUT2D eigenvalue weighted by Crippen LogP contribution is -2.48. The van der Waals surface area contributed by atoms with E-state index in [0.717, 1.165) is 32.2 Å². The SMILES string of the molecule is CCCCOc1c(Br)c(C(C)N2CCCCC2(C)C)c(F)c(C)c1C(=O)Oc1ccccc1. The molecule has 0 aliphatic carbocycles. The van der Waals surface area contributed by atoms with E-state index < -0.39 is 11.8 Å². The molecule has 33 heavy (non-hydrogen) atoms. The Labute approximate surface area is 205 Å². The molecule has 1 fully saturated rings. The summed E-state index contributed by atoms with van der Waals surface area (Å²) in [6, 6.07) is 8.64. The number of benzene rings is 2. The minimum atomic E-state index is -0.623. The predicted molar refractivity (Wildman–Crippen MR) is 134 cm³/mol. The largest absolute Gasteiger partial charge is 0.491 e. The van der Waals surface area contributed by atoms with Crippen LogP contribution in [0.5, 0.6) is 11.5 Å². The van der Waals surface area contributed by atoms with Crippen molar-refractivity contribution < 1.29 is 18.7 Å². The van der Waals surface area contributed by atoms with Crippen LogP contribution >= 0.6 is 15.9 Å². The minimum absolute atomic E-state index is 0.0361. The lowest BCUT2D eigenvalue weighted by molar-refractivity contribution is 0.0375. The molecule has 2 aromatic rings. The van der Waals surface area contributed by atoms with E-state index in [1.807, 2.05) is 13.0 Å². The first kappa shape index (κ1) is 25.7. The van der Waals surface area contributed by atoms with Crippen molar-refractivity contribution in [2.75, 3.05) is 13.2 Å². The summed E-state index contributed by atoms with van der Waals surface area (Å²) in [5.74, 6) is -0.244. The van der Waals surface area contributed by atoms with E-state index in [2.05, 4.69) is 41.6 Å². The molecule has 1 aliphatic rings. The molecule has 1 saturated heterocycles. The third-order valence-corrected chi connectivity index (χ3v) is 7.39. The molecule has 1 atom stereocenters. The van der Waals surface area contributed by atoms with Crippen molar-refractivity contribution in [3.8, 4) is 11.5 Å². The van der Waals surface area contributed by atoms with Crippen LogP contribution in [-0.4, -0.2) is 29.6 Å². The standard InChI is InChI=1S/C27H35BrFNO3/c1-6-7-17-32-25-21(26(31)33-20-13-9-8-10-14-20)18(2)24(29)22(23(25)28)19(3)30-16-12-11-15-27(30,4)5/h8-10,13-14,19H,6-7,11-12,15-17H2,1-5H3. The maximum absolute atomic E-state index is 15.9. The number of carbonyl (C=O) groups excluding carboxylic acids is 1. The highest BCUT2D eigenvalue weighted by molar-refractivity contribution is 9.10. The zero-order chi connectivity index (χ0) is 24.2. The summed E-state index contributed by atoms with van der Waals surface area (Å²) >= 11 is 3.63. The fraction of sp³-hybridized carbons (Fsp3) is 0.519. The molecule has 1 aliphatic heterocycles. The fourth-order valence-electron chi connectivity index (χ4n) is 4.68. The number of nitrogens with zero attached hydrogens (tertiary/aromatic N) is 1. The van der Waals surface area contributed by atoms with Gasteiger partial charge in [0.05, 0.1) is 11.1 Å². The van der Waals surface area contributed by atoms with Gasteiger partial charge in [-0.1, -0.05) is 38.0 Å². The molecular weight excluding hydrogens is 485 g/mol. The van der Waals surface area contributed by atoms with Gasteiger partial charge in [0.25, 0.3) is 0 Å². The average Bonchev–Trinajstić information content (AvgIpc) is 2.77. The molecule has 0 N–H and O–H groups in total. The molecular formula is C27H35BrFNO3. The quantitative estimate of drug-likeness (QED) is 0.204. The van der Waals surface area contributed by atoms with E-state index in [-0.39, 0.29) is 22.7 Å². The fourth-order valence-corrected chi connectivity index (χ4v) is 5.50. The number of halogens is 2. The van der Waals surface area contributed by atoms with Gasteiger partial charge in [0.1, 0.15) is 22.9 Å². The van der Waals surface area contributed by atoms with Gasteiger partial charge in [-0.15, -0.1) is 0 Å². The first-order chi connectivity index (χ1) is 15.7. The van der Waals surface area contributed by atoms with E-state index in [0.29, 0.717) is 28.1 Å². The molecule has 4 nitrogen and oxygen atoms in total. The molecule has 0 saturated carbocycles. The highest BCUT2D eigenvalue weighted by Gasteiger charge is 2.37. The monoisotopic (exact) mass is 519 g/mol. The number of hydrogen-bond donors (Lipinski definition) is 0. The number of likely N-dealkylation sites (tertiary alicyclic amines) is 1. The summed E-state index contributed by atoms with van der Waals surface area (Å²) in [4.78, 5) is 15.5. The van der Waals surface area contributed by atoms with Crippen molar-refractivity contribution >= 4 is 21.9 Å². The Morgan fingerprint density at radius 3 is 2.58 bits per heavy atom.